The van der Waals surface area contributed by atoms with E-state index in [4.69, 9.17) is 4.74 Å². The number of aryl methyl sites for hydroxylation is 1. The van der Waals surface area contributed by atoms with Crippen molar-refractivity contribution in [3.63, 3.8) is 0 Å². The van der Waals surface area contributed by atoms with Crippen LogP contribution in [-0.2, 0) is 0 Å². The van der Waals surface area contributed by atoms with Gasteiger partial charge in [-0.1, -0.05) is 34.6 Å². The van der Waals surface area contributed by atoms with Crippen LogP contribution in [0, 0.1) is 23.7 Å². The van der Waals surface area contributed by atoms with Gasteiger partial charge >= 0.3 is 0 Å². The maximum absolute atomic E-state index is 5.52. The van der Waals surface area contributed by atoms with Gasteiger partial charge in [-0.15, -0.1) is 12.4 Å². The molecule has 0 saturated heterocycles. The summed E-state index contributed by atoms with van der Waals surface area (Å²) in [5.41, 5.74) is 2.86. The lowest BCUT2D eigenvalue weighted by Gasteiger charge is -2.43. The number of ether oxygens (including phenoxy) is 1. The Kier molecular flexibility index (Phi) is 7.61. The predicted octanol–water partition coefficient (Wildman–Crippen LogP) is 6.25. The molecule has 0 aromatic carbocycles. The first-order valence-electron chi connectivity index (χ1n) is 9.38. The minimum absolute atomic E-state index is 0. The Balaban J connectivity index is 0.00000312. The Bertz CT molecular complexity index is 543. The van der Waals surface area contributed by atoms with Crippen molar-refractivity contribution in [2.24, 2.45) is 16.7 Å². The lowest BCUT2D eigenvalue weighted by atomic mass is 9.64. The molecule has 25 heavy (non-hydrogen) atoms. The third kappa shape index (κ3) is 6.06. The van der Waals surface area contributed by atoms with E-state index in [-0.39, 0.29) is 12.4 Å². The van der Waals surface area contributed by atoms with Gasteiger partial charge in [0.2, 0.25) is 0 Å². The summed E-state index contributed by atoms with van der Waals surface area (Å²) in [7, 11) is 1.72. The van der Waals surface area contributed by atoms with Gasteiger partial charge in [0.15, 0.2) is 5.75 Å². The van der Waals surface area contributed by atoms with Crippen LogP contribution < -0.4 is 10.1 Å². The predicted molar refractivity (Wildman–Crippen MR) is 110 cm³/mol. The van der Waals surface area contributed by atoms with Crippen molar-refractivity contribution in [1.82, 2.24) is 4.98 Å². The maximum Gasteiger partial charge on any atom is 0.163 e. The molecule has 1 aromatic heterocycles. The Hall–Kier alpha value is -0.960. The first-order chi connectivity index (χ1) is 11.1. The molecule has 1 fully saturated rings. The van der Waals surface area contributed by atoms with E-state index in [0.29, 0.717) is 16.9 Å². The lowest BCUT2D eigenvalue weighted by Crippen LogP contribution is -2.35. The van der Waals surface area contributed by atoms with E-state index < -0.39 is 0 Å². The number of methoxy groups -OCH3 is 1. The zero-order valence-electron chi connectivity index (χ0n) is 17.1. The largest absolute Gasteiger partial charge is 0.493 e. The van der Waals surface area contributed by atoms with Gasteiger partial charge < -0.3 is 10.1 Å². The van der Waals surface area contributed by atoms with Crippen molar-refractivity contribution in [3.05, 3.63) is 18.0 Å². The Morgan fingerprint density at radius 2 is 1.72 bits per heavy atom. The molecule has 0 aliphatic heterocycles. The normalized spacial score (nSPS) is 21.4. The highest BCUT2D eigenvalue weighted by Gasteiger charge is 2.36. The number of nitrogens with zero attached hydrogens (tertiary/aromatic N) is 1. The van der Waals surface area contributed by atoms with E-state index in [1.165, 1.54) is 32.1 Å². The Labute approximate surface area is 160 Å². The van der Waals surface area contributed by atoms with Crippen LogP contribution in [0.25, 0.3) is 0 Å². The summed E-state index contributed by atoms with van der Waals surface area (Å²) in [5, 5.41) is 3.70. The second kappa shape index (κ2) is 8.62. The van der Waals surface area contributed by atoms with Crippen LogP contribution in [0.1, 0.15) is 72.4 Å². The van der Waals surface area contributed by atoms with Gasteiger partial charge in [0.05, 0.1) is 18.5 Å². The number of hydrogen-bond donors (Lipinski definition) is 1. The van der Waals surface area contributed by atoms with Gasteiger partial charge in [0, 0.05) is 12.2 Å². The third-order valence-electron chi connectivity index (χ3n) is 5.46. The highest BCUT2D eigenvalue weighted by atomic mass is 35.5. The Morgan fingerprint density at radius 1 is 1.12 bits per heavy atom. The van der Waals surface area contributed by atoms with Crippen molar-refractivity contribution >= 4 is 18.1 Å². The van der Waals surface area contributed by atoms with E-state index in [2.05, 4.69) is 44.9 Å². The summed E-state index contributed by atoms with van der Waals surface area (Å²) < 4.78 is 5.52. The molecule has 2 rings (SSSR count). The molecule has 1 aliphatic carbocycles. The second-order valence-corrected chi connectivity index (χ2v) is 9.40. The number of anilines is 1. The average Bonchev–Trinajstić information content (AvgIpc) is 2.45. The molecule has 0 spiro atoms. The molecule has 1 N–H and O–H groups in total. The van der Waals surface area contributed by atoms with Crippen LogP contribution >= 0.6 is 12.4 Å². The lowest BCUT2D eigenvalue weighted by molar-refractivity contribution is 0.0968. The van der Waals surface area contributed by atoms with E-state index >= 15 is 0 Å². The molecule has 0 amide bonds. The Morgan fingerprint density at radius 3 is 2.24 bits per heavy atom. The number of nitrogens with one attached hydrogen (secondary N) is 1. The standard InChI is InChI=1S/C21H36N2O.ClH/c1-15-19(24-7)18(12-13-22-15)23-17-10-8-16(9-11-17)21(5,6)14-20(2,3)4;/h12-13,16-17H,8-11,14H2,1-7H3,(H,22,23);1H. The molecule has 3 nitrogen and oxygen atoms in total. The van der Waals surface area contributed by atoms with Crippen LogP contribution in [-0.4, -0.2) is 18.1 Å². The summed E-state index contributed by atoms with van der Waals surface area (Å²) >= 11 is 0. The van der Waals surface area contributed by atoms with Gasteiger partial charge in [-0.2, -0.15) is 0 Å². The summed E-state index contributed by atoms with van der Waals surface area (Å²) in [6.07, 6.45) is 8.25. The van der Waals surface area contributed by atoms with Crippen molar-refractivity contribution in [2.45, 2.75) is 79.7 Å². The van der Waals surface area contributed by atoms with Gasteiger partial charge in [-0.05, 0) is 61.8 Å². The SMILES string of the molecule is COc1c(NC2CCC(C(C)(C)CC(C)(C)C)CC2)ccnc1C.Cl. The molecule has 0 atom stereocenters. The monoisotopic (exact) mass is 368 g/mol. The summed E-state index contributed by atoms with van der Waals surface area (Å²) in [6.45, 7) is 14.0. The number of pyridine rings is 1. The second-order valence-electron chi connectivity index (χ2n) is 9.40. The summed E-state index contributed by atoms with van der Waals surface area (Å²) in [5.74, 6) is 1.71. The molecular formula is C21H37ClN2O. The maximum atomic E-state index is 5.52. The van der Waals surface area contributed by atoms with Gasteiger partial charge in [-0.25, -0.2) is 0 Å². The molecule has 0 bridgehead atoms. The number of rotatable bonds is 5. The smallest absolute Gasteiger partial charge is 0.163 e. The molecule has 4 heteroatoms. The number of hydrogen-bond acceptors (Lipinski definition) is 3. The topological polar surface area (TPSA) is 34.1 Å². The van der Waals surface area contributed by atoms with Crippen LogP contribution in [0.4, 0.5) is 5.69 Å². The summed E-state index contributed by atoms with van der Waals surface area (Å²) in [4.78, 5) is 4.32. The van der Waals surface area contributed by atoms with Crippen molar-refractivity contribution in [2.75, 3.05) is 12.4 Å². The molecular weight excluding hydrogens is 332 g/mol. The quantitative estimate of drug-likeness (QED) is 0.666. The fourth-order valence-electron chi connectivity index (χ4n) is 4.67. The molecule has 0 radical (unpaired) electrons. The molecule has 144 valence electrons. The molecule has 0 unspecified atom stereocenters. The highest BCUT2D eigenvalue weighted by Crippen LogP contribution is 2.45. The molecule has 1 aliphatic rings. The zero-order chi connectivity index (χ0) is 18.0. The number of aromatic nitrogens is 1. The van der Waals surface area contributed by atoms with Crippen LogP contribution in [0.5, 0.6) is 5.75 Å². The third-order valence-corrected chi connectivity index (χ3v) is 5.46. The number of halogens is 1. The highest BCUT2D eigenvalue weighted by molar-refractivity contribution is 5.85. The van der Waals surface area contributed by atoms with E-state index in [9.17, 15) is 0 Å². The minimum Gasteiger partial charge on any atom is -0.493 e. The van der Waals surface area contributed by atoms with Crippen molar-refractivity contribution in [3.8, 4) is 5.75 Å². The van der Waals surface area contributed by atoms with Gasteiger partial charge in [0.25, 0.3) is 0 Å². The molecule has 1 saturated carbocycles. The van der Waals surface area contributed by atoms with Crippen molar-refractivity contribution in [1.29, 1.82) is 0 Å². The first-order valence-corrected chi connectivity index (χ1v) is 9.38. The van der Waals surface area contributed by atoms with Gasteiger partial charge in [0.1, 0.15) is 0 Å². The van der Waals surface area contributed by atoms with E-state index in [0.717, 1.165) is 23.0 Å². The van der Waals surface area contributed by atoms with Crippen LogP contribution in [0.3, 0.4) is 0 Å². The fourth-order valence-corrected chi connectivity index (χ4v) is 4.67. The van der Waals surface area contributed by atoms with Crippen molar-refractivity contribution < 1.29 is 4.74 Å². The zero-order valence-corrected chi connectivity index (χ0v) is 17.9. The van der Waals surface area contributed by atoms with Gasteiger partial charge in [-0.3, -0.25) is 4.98 Å². The minimum atomic E-state index is 0. The fraction of sp³-hybridized carbons (Fsp3) is 0.762. The average molecular weight is 369 g/mol. The van der Waals surface area contributed by atoms with Crippen LogP contribution in [0.15, 0.2) is 12.3 Å². The molecule has 1 heterocycles. The van der Waals surface area contributed by atoms with E-state index in [1.54, 1.807) is 7.11 Å². The summed E-state index contributed by atoms with van der Waals surface area (Å²) in [6, 6.07) is 2.57. The molecule has 1 aromatic rings. The first kappa shape index (κ1) is 22.1. The van der Waals surface area contributed by atoms with Crippen LogP contribution in [0.2, 0.25) is 0 Å². The van der Waals surface area contributed by atoms with E-state index in [1.807, 2.05) is 19.2 Å².